The lowest BCUT2D eigenvalue weighted by Crippen LogP contribution is -2.21. The van der Waals surface area contributed by atoms with Crippen LogP contribution in [0.15, 0.2) is 42.6 Å². The molecule has 1 heterocycles. The van der Waals surface area contributed by atoms with Crippen LogP contribution in [0.1, 0.15) is 16.1 Å². The third-order valence-corrected chi connectivity index (χ3v) is 3.91. The summed E-state index contributed by atoms with van der Waals surface area (Å²) >= 11 is 0. The smallest absolute Gasteiger partial charge is 0.288 e. The first-order valence-corrected chi connectivity index (χ1v) is 7.71. The SMILES string of the molecule is O=C(NO)c1cc(NS(=O)(=O)Cc2ccccc2F)ccn1. The molecule has 0 bridgehead atoms. The average Bonchev–Trinajstić information content (AvgIpc) is 2.48. The van der Waals surface area contributed by atoms with Crippen molar-refractivity contribution >= 4 is 21.6 Å². The number of nitrogens with zero attached hydrogens (tertiary/aromatic N) is 1. The predicted molar refractivity (Wildman–Crippen MR) is 76.1 cm³/mol. The van der Waals surface area contributed by atoms with Crippen molar-refractivity contribution in [3.63, 3.8) is 0 Å². The Morgan fingerprint density at radius 2 is 2.00 bits per heavy atom. The van der Waals surface area contributed by atoms with E-state index in [9.17, 15) is 17.6 Å². The molecule has 0 unspecified atom stereocenters. The first-order chi connectivity index (χ1) is 10.4. The number of hydrogen-bond donors (Lipinski definition) is 3. The van der Waals surface area contributed by atoms with Gasteiger partial charge in [0.1, 0.15) is 11.5 Å². The zero-order valence-corrected chi connectivity index (χ0v) is 12.0. The summed E-state index contributed by atoms with van der Waals surface area (Å²) in [5.74, 6) is -2.05. The Bertz CT molecular complexity index is 795. The molecule has 0 saturated heterocycles. The lowest BCUT2D eigenvalue weighted by atomic mass is 10.2. The van der Waals surface area contributed by atoms with Crippen LogP contribution < -0.4 is 10.2 Å². The van der Waals surface area contributed by atoms with E-state index in [2.05, 4.69) is 9.71 Å². The first kappa shape index (κ1) is 15.9. The molecule has 3 N–H and O–H groups in total. The molecule has 9 heteroatoms. The number of anilines is 1. The fourth-order valence-electron chi connectivity index (χ4n) is 1.71. The van der Waals surface area contributed by atoms with Gasteiger partial charge in [0.15, 0.2) is 0 Å². The summed E-state index contributed by atoms with van der Waals surface area (Å²) in [6.07, 6.45) is 1.20. The largest absolute Gasteiger partial charge is 0.293 e. The number of hydrogen-bond acceptors (Lipinski definition) is 5. The molecule has 0 fully saturated rings. The van der Waals surface area contributed by atoms with E-state index in [1.54, 1.807) is 0 Å². The number of amides is 1. The van der Waals surface area contributed by atoms with Crippen LogP contribution in [0.2, 0.25) is 0 Å². The average molecular weight is 325 g/mol. The molecular weight excluding hydrogens is 313 g/mol. The standard InChI is InChI=1S/C13H12FN3O4S/c14-11-4-2-1-3-9(11)8-22(20,21)17-10-5-6-15-12(7-10)13(18)16-19/h1-7,19H,8H2,(H,15,17)(H,16,18). The van der Waals surface area contributed by atoms with Crippen LogP contribution in [0.25, 0.3) is 0 Å². The van der Waals surface area contributed by atoms with Gasteiger partial charge in [0.05, 0.1) is 11.4 Å². The Morgan fingerprint density at radius 3 is 2.68 bits per heavy atom. The maximum Gasteiger partial charge on any atom is 0.293 e. The van der Waals surface area contributed by atoms with Crippen LogP contribution in [0.5, 0.6) is 0 Å². The molecule has 0 radical (unpaired) electrons. The highest BCUT2D eigenvalue weighted by Gasteiger charge is 2.15. The van der Waals surface area contributed by atoms with Crippen molar-refractivity contribution in [2.45, 2.75) is 5.75 Å². The number of nitrogens with one attached hydrogen (secondary N) is 2. The van der Waals surface area contributed by atoms with Crippen molar-refractivity contribution < 1.29 is 22.8 Å². The van der Waals surface area contributed by atoms with Crippen molar-refractivity contribution in [3.8, 4) is 0 Å². The Hall–Kier alpha value is -2.52. The molecule has 0 aliphatic carbocycles. The van der Waals surface area contributed by atoms with Gasteiger partial charge >= 0.3 is 0 Å². The normalized spacial score (nSPS) is 11.0. The Morgan fingerprint density at radius 1 is 1.27 bits per heavy atom. The maximum absolute atomic E-state index is 13.5. The number of aromatic nitrogens is 1. The first-order valence-electron chi connectivity index (χ1n) is 6.05. The van der Waals surface area contributed by atoms with Gasteiger partial charge in [-0.3, -0.25) is 19.7 Å². The number of carbonyl (C=O) groups is 1. The van der Waals surface area contributed by atoms with E-state index >= 15 is 0 Å². The van der Waals surface area contributed by atoms with Gasteiger partial charge in [-0.05, 0) is 18.2 Å². The van der Waals surface area contributed by atoms with E-state index < -0.39 is 27.5 Å². The van der Waals surface area contributed by atoms with Gasteiger partial charge in [0.25, 0.3) is 5.91 Å². The van der Waals surface area contributed by atoms with Crippen molar-refractivity contribution in [2.75, 3.05) is 4.72 Å². The summed E-state index contributed by atoms with van der Waals surface area (Å²) in [7, 11) is -3.87. The van der Waals surface area contributed by atoms with Crippen molar-refractivity contribution in [1.29, 1.82) is 0 Å². The molecule has 0 aliphatic rings. The molecule has 0 saturated carbocycles. The molecule has 0 atom stereocenters. The molecule has 2 aromatic rings. The fourth-order valence-corrected chi connectivity index (χ4v) is 2.91. The molecule has 7 nitrogen and oxygen atoms in total. The van der Waals surface area contributed by atoms with Gasteiger partial charge in [-0.2, -0.15) is 0 Å². The summed E-state index contributed by atoms with van der Waals surface area (Å²) < 4.78 is 39.8. The fraction of sp³-hybridized carbons (Fsp3) is 0.0769. The van der Waals surface area contributed by atoms with E-state index in [-0.39, 0.29) is 16.9 Å². The summed E-state index contributed by atoms with van der Waals surface area (Å²) in [5.41, 5.74) is 1.32. The van der Waals surface area contributed by atoms with E-state index in [0.717, 1.165) is 6.07 Å². The third kappa shape index (κ3) is 3.99. The zero-order chi connectivity index (χ0) is 16.2. The van der Waals surface area contributed by atoms with Gasteiger partial charge < -0.3 is 0 Å². The summed E-state index contributed by atoms with van der Waals surface area (Å²) in [5, 5.41) is 8.52. The zero-order valence-electron chi connectivity index (χ0n) is 11.2. The molecular formula is C13H12FN3O4S. The van der Waals surface area contributed by atoms with Crippen molar-refractivity contribution in [2.24, 2.45) is 0 Å². The minimum absolute atomic E-state index is 0.0254. The van der Waals surface area contributed by atoms with Gasteiger partial charge in [-0.1, -0.05) is 18.2 Å². The second-order valence-corrected chi connectivity index (χ2v) is 6.05. The quantitative estimate of drug-likeness (QED) is 0.567. The number of halogens is 1. The second-order valence-electron chi connectivity index (χ2n) is 4.32. The minimum atomic E-state index is -3.87. The van der Waals surface area contributed by atoms with Gasteiger partial charge in [0, 0.05) is 11.8 Å². The highest BCUT2D eigenvalue weighted by molar-refractivity contribution is 7.91. The third-order valence-electron chi connectivity index (χ3n) is 2.67. The molecule has 116 valence electrons. The lowest BCUT2D eigenvalue weighted by molar-refractivity contribution is 0.0701. The van der Waals surface area contributed by atoms with Crippen molar-refractivity contribution in [3.05, 3.63) is 59.7 Å². The minimum Gasteiger partial charge on any atom is -0.288 e. The van der Waals surface area contributed by atoms with Crippen molar-refractivity contribution in [1.82, 2.24) is 10.5 Å². The van der Waals surface area contributed by atoms with Gasteiger partial charge in [-0.15, -0.1) is 0 Å². The molecule has 0 aliphatic heterocycles. The van der Waals surface area contributed by atoms with Gasteiger partial charge in [-0.25, -0.2) is 18.3 Å². The van der Waals surface area contributed by atoms with Gasteiger partial charge in [0.2, 0.25) is 10.0 Å². The monoisotopic (exact) mass is 325 g/mol. The van der Waals surface area contributed by atoms with Crippen LogP contribution in [-0.2, 0) is 15.8 Å². The predicted octanol–water partition coefficient (Wildman–Crippen LogP) is 1.28. The molecule has 2 rings (SSSR count). The summed E-state index contributed by atoms with van der Waals surface area (Å²) in [4.78, 5) is 14.9. The molecule has 0 spiro atoms. The summed E-state index contributed by atoms with van der Waals surface area (Å²) in [6, 6.07) is 8.00. The number of benzene rings is 1. The Labute approximate surface area is 125 Å². The lowest BCUT2D eigenvalue weighted by Gasteiger charge is -2.09. The van der Waals surface area contributed by atoms with E-state index in [0.29, 0.717) is 0 Å². The maximum atomic E-state index is 13.5. The highest BCUT2D eigenvalue weighted by atomic mass is 32.2. The van der Waals surface area contributed by atoms with E-state index in [1.165, 1.54) is 42.0 Å². The van der Waals surface area contributed by atoms with Crippen LogP contribution in [0, 0.1) is 5.82 Å². The Balaban J connectivity index is 2.19. The van der Waals surface area contributed by atoms with E-state index in [4.69, 9.17) is 5.21 Å². The van der Waals surface area contributed by atoms with E-state index in [1.807, 2.05) is 0 Å². The highest BCUT2D eigenvalue weighted by Crippen LogP contribution is 2.15. The van der Waals surface area contributed by atoms with Crippen LogP contribution in [-0.4, -0.2) is 24.5 Å². The topological polar surface area (TPSA) is 108 Å². The molecule has 1 aromatic heterocycles. The number of pyridine rings is 1. The number of carbonyl (C=O) groups excluding carboxylic acids is 1. The number of rotatable bonds is 5. The second kappa shape index (κ2) is 6.50. The Kier molecular flexibility index (Phi) is 4.68. The molecule has 1 aromatic carbocycles. The van der Waals surface area contributed by atoms with Crippen LogP contribution in [0.3, 0.4) is 0 Å². The number of hydroxylamine groups is 1. The number of sulfonamides is 1. The summed E-state index contributed by atoms with van der Waals surface area (Å²) in [6.45, 7) is 0. The molecule has 22 heavy (non-hydrogen) atoms. The van der Waals surface area contributed by atoms with Crippen LogP contribution in [0.4, 0.5) is 10.1 Å². The van der Waals surface area contributed by atoms with Crippen LogP contribution >= 0.6 is 0 Å². The molecule has 1 amide bonds.